The van der Waals surface area contributed by atoms with Crippen molar-refractivity contribution >= 4 is 0 Å². The normalized spacial score (nSPS) is 24.2. The molecule has 1 aromatic carbocycles. The molecule has 1 nitrogen and oxygen atoms in total. The van der Waals surface area contributed by atoms with E-state index in [2.05, 4.69) is 93.5 Å². The van der Waals surface area contributed by atoms with E-state index in [0.29, 0.717) is 17.9 Å². The Bertz CT molecular complexity index is 571. The van der Waals surface area contributed by atoms with Gasteiger partial charge >= 0.3 is 0 Å². The maximum Gasteiger partial charge on any atom is 0.0657 e. The summed E-state index contributed by atoms with van der Waals surface area (Å²) in [6.07, 6.45) is 6.50. The zero-order valence-corrected chi connectivity index (χ0v) is 23.3. The van der Waals surface area contributed by atoms with Gasteiger partial charge < -0.3 is 4.74 Å². The first-order valence-corrected chi connectivity index (χ1v) is 13.2. The van der Waals surface area contributed by atoms with Gasteiger partial charge in [-0.1, -0.05) is 120 Å². The van der Waals surface area contributed by atoms with Gasteiger partial charge in [-0.05, 0) is 59.0 Å². The highest BCUT2D eigenvalue weighted by Gasteiger charge is 2.48. The minimum absolute atomic E-state index is 0.238. The van der Waals surface area contributed by atoms with E-state index >= 15 is 0 Å². The lowest BCUT2D eigenvalue weighted by atomic mass is 9.68. The van der Waals surface area contributed by atoms with Crippen LogP contribution in [0.15, 0.2) is 24.3 Å². The molecule has 0 amide bonds. The molecule has 2 rings (SSSR count). The predicted molar refractivity (Wildman–Crippen MR) is 141 cm³/mol. The highest BCUT2D eigenvalue weighted by Crippen LogP contribution is 2.47. The Morgan fingerprint density at radius 3 is 1.97 bits per heavy atom. The average Bonchev–Trinajstić information content (AvgIpc) is 3.03. The van der Waals surface area contributed by atoms with Crippen molar-refractivity contribution in [2.24, 2.45) is 22.7 Å². The van der Waals surface area contributed by atoms with Gasteiger partial charge in [-0.25, -0.2) is 0 Å². The molecule has 0 aliphatic carbocycles. The van der Waals surface area contributed by atoms with Crippen molar-refractivity contribution in [1.82, 2.24) is 0 Å². The van der Waals surface area contributed by atoms with Gasteiger partial charge in [0.15, 0.2) is 0 Å². The van der Waals surface area contributed by atoms with Crippen molar-refractivity contribution in [2.45, 2.75) is 127 Å². The molecule has 0 aromatic heterocycles. The summed E-state index contributed by atoms with van der Waals surface area (Å²) in [4.78, 5) is 0. The SMILES string of the molecule is CC.CCC.CCC(C)(C)C1OCC(C)(Cc2ccc(C(C)CCC(C)C)cc2)C1C. The molecule has 1 heteroatoms. The predicted octanol–water partition coefficient (Wildman–Crippen LogP) is 9.69. The van der Waals surface area contributed by atoms with E-state index in [-0.39, 0.29) is 10.8 Å². The molecule has 0 spiro atoms. The van der Waals surface area contributed by atoms with Gasteiger partial charge in [-0.15, -0.1) is 0 Å². The molecule has 1 saturated heterocycles. The maximum absolute atomic E-state index is 6.33. The monoisotopic (exact) mass is 432 g/mol. The summed E-state index contributed by atoms with van der Waals surface area (Å²) in [5.41, 5.74) is 3.44. The van der Waals surface area contributed by atoms with Crippen molar-refractivity contribution in [2.75, 3.05) is 6.61 Å². The molecule has 0 radical (unpaired) electrons. The molecule has 4 atom stereocenters. The van der Waals surface area contributed by atoms with E-state index in [0.717, 1.165) is 18.9 Å². The fourth-order valence-corrected chi connectivity index (χ4v) is 4.42. The highest BCUT2D eigenvalue weighted by atomic mass is 16.5. The molecule has 4 unspecified atom stereocenters. The standard InChI is InChI=1S/C25H42O.C3H8.C2H6/c1-9-24(6,7)23-20(5)25(8,17-26-23)16-21-12-14-22(15-13-21)19(4)11-10-18(2)3;1-3-2;1-2/h12-15,18-20,23H,9-11,16-17H2,1-8H3;3H2,1-2H3;1-2H3. The van der Waals surface area contributed by atoms with Crippen LogP contribution in [0.3, 0.4) is 0 Å². The Labute approximate surface area is 196 Å². The third-order valence-corrected chi connectivity index (χ3v) is 7.16. The fraction of sp³-hybridized carbons (Fsp3) is 0.800. The molecule has 1 aliphatic heterocycles. The largest absolute Gasteiger partial charge is 0.377 e. The second kappa shape index (κ2) is 14.4. The van der Waals surface area contributed by atoms with Crippen LogP contribution in [-0.2, 0) is 11.2 Å². The number of benzene rings is 1. The highest BCUT2D eigenvalue weighted by molar-refractivity contribution is 5.26. The zero-order valence-electron chi connectivity index (χ0n) is 23.3. The van der Waals surface area contributed by atoms with Crippen LogP contribution in [0.25, 0.3) is 0 Å². The third kappa shape index (κ3) is 9.29. The Kier molecular flexibility index (Phi) is 14.0. The summed E-state index contributed by atoms with van der Waals surface area (Å²) in [7, 11) is 0. The van der Waals surface area contributed by atoms with Crippen molar-refractivity contribution in [3.05, 3.63) is 35.4 Å². The van der Waals surface area contributed by atoms with Gasteiger partial charge in [-0.3, -0.25) is 0 Å². The van der Waals surface area contributed by atoms with Crippen LogP contribution in [0.4, 0.5) is 0 Å². The maximum atomic E-state index is 6.33. The van der Waals surface area contributed by atoms with Gasteiger partial charge in [0.2, 0.25) is 0 Å². The summed E-state index contributed by atoms with van der Waals surface area (Å²) in [5, 5.41) is 0. The van der Waals surface area contributed by atoms with Crippen LogP contribution in [0, 0.1) is 22.7 Å². The van der Waals surface area contributed by atoms with Crippen LogP contribution in [0.2, 0.25) is 0 Å². The molecule has 182 valence electrons. The minimum Gasteiger partial charge on any atom is -0.377 e. The topological polar surface area (TPSA) is 9.23 Å². The van der Waals surface area contributed by atoms with Gasteiger partial charge in [0.1, 0.15) is 0 Å². The lowest BCUT2D eigenvalue weighted by molar-refractivity contribution is -0.00111. The van der Waals surface area contributed by atoms with Crippen LogP contribution in [0.5, 0.6) is 0 Å². The summed E-state index contributed by atoms with van der Waals surface area (Å²) >= 11 is 0. The van der Waals surface area contributed by atoms with E-state index in [4.69, 9.17) is 4.74 Å². The first kappa shape index (κ1) is 30.2. The number of rotatable bonds is 8. The Hall–Kier alpha value is -0.820. The summed E-state index contributed by atoms with van der Waals surface area (Å²) < 4.78 is 6.33. The van der Waals surface area contributed by atoms with Gasteiger partial charge in [0.25, 0.3) is 0 Å². The quantitative estimate of drug-likeness (QED) is 0.397. The van der Waals surface area contributed by atoms with Crippen molar-refractivity contribution in [3.63, 3.8) is 0 Å². The molecule has 0 saturated carbocycles. The van der Waals surface area contributed by atoms with Gasteiger partial charge in [0.05, 0.1) is 12.7 Å². The Morgan fingerprint density at radius 2 is 1.52 bits per heavy atom. The molecule has 1 aromatic rings. The molecule has 0 bridgehead atoms. The van der Waals surface area contributed by atoms with E-state index < -0.39 is 0 Å². The molecule has 1 fully saturated rings. The van der Waals surface area contributed by atoms with Crippen LogP contribution in [0.1, 0.15) is 126 Å². The van der Waals surface area contributed by atoms with Gasteiger partial charge in [-0.2, -0.15) is 0 Å². The molecule has 0 N–H and O–H groups in total. The van der Waals surface area contributed by atoms with E-state index in [1.807, 2.05) is 13.8 Å². The zero-order chi connectivity index (χ0) is 24.2. The lowest BCUT2D eigenvalue weighted by Gasteiger charge is -2.36. The van der Waals surface area contributed by atoms with Crippen LogP contribution < -0.4 is 0 Å². The van der Waals surface area contributed by atoms with Crippen molar-refractivity contribution < 1.29 is 4.74 Å². The first-order valence-electron chi connectivity index (χ1n) is 13.2. The van der Waals surface area contributed by atoms with E-state index in [9.17, 15) is 0 Å². The van der Waals surface area contributed by atoms with Gasteiger partial charge in [0, 0.05) is 0 Å². The number of hydrogen-bond donors (Lipinski definition) is 0. The molecular weight excluding hydrogens is 376 g/mol. The minimum atomic E-state index is 0.238. The third-order valence-electron chi connectivity index (χ3n) is 7.16. The lowest BCUT2D eigenvalue weighted by Crippen LogP contribution is -2.37. The smallest absolute Gasteiger partial charge is 0.0657 e. The van der Waals surface area contributed by atoms with Crippen LogP contribution >= 0.6 is 0 Å². The van der Waals surface area contributed by atoms with E-state index in [1.54, 1.807) is 0 Å². The number of hydrogen-bond acceptors (Lipinski definition) is 1. The Morgan fingerprint density at radius 1 is 1.00 bits per heavy atom. The van der Waals surface area contributed by atoms with E-state index in [1.165, 1.54) is 36.8 Å². The summed E-state index contributed by atoms with van der Waals surface area (Å²) in [6, 6.07) is 9.43. The van der Waals surface area contributed by atoms with Crippen molar-refractivity contribution in [1.29, 1.82) is 0 Å². The Balaban J connectivity index is 0.00000165. The molecule has 1 aliphatic rings. The molecular formula is C30H56O. The fourth-order valence-electron chi connectivity index (χ4n) is 4.42. The van der Waals surface area contributed by atoms with Crippen LogP contribution in [-0.4, -0.2) is 12.7 Å². The first-order chi connectivity index (χ1) is 14.5. The average molecular weight is 433 g/mol. The van der Waals surface area contributed by atoms with Crippen molar-refractivity contribution in [3.8, 4) is 0 Å². The number of ether oxygens (including phenoxy) is 1. The molecule has 31 heavy (non-hydrogen) atoms. The second-order valence-corrected chi connectivity index (χ2v) is 11.0. The molecule has 1 heterocycles. The second-order valence-electron chi connectivity index (χ2n) is 11.0. The summed E-state index contributed by atoms with van der Waals surface area (Å²) in [6.45, 7) is 27.9. The summed E-state index contributed by atoms with van der Waals surface area (Å²) in [5.74, 6) is 2.04.